The topological polar surface area (TPSA) is 42.2 Å². The molecule has 0 amide bonds. The molecule has 0 saturated heterocycles. The molecule has 1 heterocycles. The summed E-state index contributed by atoms with van der Waals surface area (Å²) in [4.78, 5) is 7.01. The number of fused-ring (bicyclic) bond motifs is 1. The van der Waals surface area contributed by atoms with Crippen LogP contribution < -0.4 is 10.6 Å². The molecule has 0 radical (unpaired) electrons. The van der Waals surface area contributed by atoms with Gasteiger partial charge in [0.05, 0.1) is 15.2 Å². The number of hydrogen-bond donors (Lipinski definition) is 1. The second-order valence-electron chi connectivity index (χ2n) is 4.32. The lowest BCUT2D eigenvalue weighted by molar-refractivity contribution is 0.828. The van der Waals surface area contributed by atoms with Crippen LogP contribution in [-0.4, -0.2) is 24.6 Å². The van der Waals surface area contributed by atoms with Crippen LogP contribution in [0.4, 0.5) is 5.69 Å². The van der Waals surface area contributed by atoms with Gasteiger partial charge in [0.1, 0.15) is 0 Å². The van der Waals surface area contributed by atoms with Gasteiger partial charge in [0.15, 0.2) is 0 Å². The fourth-order valence-corrected chi connectivity index (χ4v) is 3.15. The van der Waals surface area contributed by atoms with Crippen molar-refractivity contribution in [1.82, 2.24) is 4.98 Å². The van der Waals surface area contributed by atoms with E-state index in [4.69, 9.17) is 5.73 Å². The van der Waals surface area contributed by atoms with E-state index in [0.29, 0.717) is 0 Å². The van der Waals surface area contributed by atoms with Crippen LogP contribution in [0.25, 0.3) is 10.2 Å². The molecule has 2 N–H and O–H groups in total. The molecule has 1 aromatic heterocycles. The summed E-state index contributed by atoms with van der Waals surface area (Å²) in [6.45, 7) is 7.20. The van der Waals surface area contributed by atoms with E-state index < -0.39 is 0 Å². The van der Waals surface area contributed by atoms with E-state index in [-0.39, 0.29) is 0 Å². The molecule has 2 aromatic rings. The van der Waals surface area contributed by atoms with Gasteiger partial charge in [-0.25, -0.2) is 4.98 Å². The van der Waals surface area contributed by atoms with Crippen molar-refractivity contribution < 1.29 is 0 Å². The number of hydrogen-bond acceptors (Lipinski definition) is 4. The van der Waals surface area contributed by atoms with Crippen LogP contribution in [0.15, 0.2) is 18.2 Å². The smallest absolute Gasteiger partial charge is 0.0939 e. The number of aromatic nitrogens is 1. The van der Waals surface area contributed by atoms with Crippen LogP contribution >= 0.6 is 11.3 Å². The molecule has 4 heteroatoms. The third-order valence-electron chi connectivity index (χ3n) is 3.14. The Balaban J connectivity index is 2.27. The van der Waals surface area contributed by atoms with E-state index in [1.165, 1.54) is 15.4 Å². The molecule has 0 saturated carbocycles. The monoisotopic (exact) mass is 263 g/mol. The first-order valence-electron chi connectivity index (χ1n) is 6.63. The molecular weight excluding hydrogens is 242 g/mol. The highest BCUT2D eigenvalue weighted by Gasteiger charge is 2.07. The molecule has 0 bridgehead atoms. The average Bonchev–Trinajstić information content (AvgIpc) is 2.80. The molecular formula is C14H21N3S. The maximum Gasteiger partial charge on any atom is 0.0939 e. The molecule has 0 atom stereocenters. The average molecular weight is 263 g/mol. The first-order valence-corrected chi connectivity index (χ1v) is 7.44. The van der Waals surface area contributed by atoms with E-state index in [1.54, 1.807) is 11.3 Å². The minimum absolute atomic E-state index is 0.737. The van der Waals surface area contributed by atoms with Gasteiger partial charge in [-0.2, -0.15) is 0 Å². The lowest BCUT2D eigenvalue weighted by Crippen LogP contribution is -2.21. The molecule has 3 nitrogen and oxygen atoms in total. The lowest BCUT2D eigenvalue weighted by Gasteiger charge is -2.20. The number of aryl methyl sites for hydroxylation is 1. The van der Waals surface area contributed by atoms with Crippen LogP contribution in [0.3, 0.4) is 0 Å². The Morgan fingerprint density at radius 1 is 1.28 bits per heavy atom. The van der Waals surface area contributed by atoms with Crippen molar-refractivity contribution in [3.05, 3.63) is 23.2 Å². The summed E-state index contributed by atoms with van der Waals surface area (Å²) >= 11 is 1.80. The molecule has 0 aliphatic heterocycles. The molecule has 0 aliphatic carbocycles. The Morgan fingerprint density at radius 2 is 2.06 bits per heavy atom. The van der Waals surface area contributed by atoms with Gasteiger partial charge in [-0.1, -0.05) is 0 Å². The summed E-state index contributed by atoms with van der Waals surface area (Å²) in [5.74, 6) is 0. The van der Waals surface area contributed by atoms with Crippen molar-refractivity contribution in [1.29, 1.82) is 0 Å². The lowest BCUT2D eigenvalue weighted by atomic mass is 10.2. The van der Waals surface area contributed by atoms with Crippen LogP contribution in [0.2, 0.25) is 0 Å². The Labute approximate surface area is 113 Å². The van der Waals surface area contributed by atoms with Gasteiger partial charge in [-0.15, -0.1) is 11.3 Å². The fraction of sp³-hybridized carbons (Fsp3) is 0.500. The van der Waals surface area contributed by atoms with Gasteiger partial charge in [0.2, 0.25) is 0 Å². The van der Waals surface area contributed by atoms with Crippen molar-refractivity contribution in [3.63, 3.8) is 0 Å². The minimum atomic E-state index is 0.737. The Morgan fingerprint density at radius 3 is 2.72 bits per heavy atom. The third kappa shape index (κ3) is 2.82. The number of rotatable bonds is 6. The van der Waals surface area contributed by atoms with E-state index in [0.717, 1.165) is 38.0 Å². The number of thiazole rings is 1. The van der Waals surface area contributed by atoms with E-state index in [9.17, 15) is 0 Å². The van der Waals surface area contributed by atoms with Crippen molar-refractivity contribution in [2.75, 3.05) is 24.5 Å². The second-order valence-corrected chi connectivity index (χ2v) is 5.44. The van der Waals surface area contributed by atoms with Gasteiger partial charge in [0, 0.05) is 25.2 Å². The van der Waals surface area contributed by atoms with Gasteiger partial charge >= 0.3 is 0 Å². The number of anilines is 1. The molecule has 1 aromatic carbocycles. The number of benzene rings is 1. The fourth-order valence-electron chi connectivity index (χ4n) is 2.11. The number of nitrogens with two attached hydrogens (primary N) is 1. The Bertz CT molecular complexity index is 503. The zero-order valence-electron chi connectivity index (χ0n) is 11.1. The second kappa shape index (κ2) is 6.16. The number of nitrogens with zero attached hydrogens (tertiary/aromatic N) is 2. The van der Waals surface area contributed by atoms with Crippen LogP contribution in [0, 0.1) is 0 Å². The van der Waals surface area contributed by atoms with Crippen LogP contribution in [0.5, 0.6) is 0 Å². The van der Waals surface area contributed by atoms with Crippen molar-refractivity contribution in [3.8, 4) is 0 Å². The van der Waals surface area contributed by atoms with Gasteiger partial charge in [0.25, 0.3) is 0 Å². The first-order chi connectivity index (χ1) is 8.78. The zero-order valence-corrected chi connectivity index (χ0v) is 12.0. The molecule has 98 valence electrons. The van der Waals surface area contributed by atoms with Crippen LogP contribution in [-0.2, 0) is 6.42 Å². The SMILES string of the molecule is CCN(CC)c1ccc2nc(CCCN)sc2c1. The zero-order chi connectivity index (χ0) is 13.0. The van der Waals surface area contributed by atoms with Gasteiger partial charge in [-0.05, 0) is 45.0 Å². The van der Waals surface area contributed by atoms with E-state index in [1.807, 2.05) is 0 Å². The van der Waals surface area contributed by atoms with Crippen molar-refractivity contribution in [2.45, 2.75) is 26.7 Å². The predicted molar refractivity (Wildman–Crippen MR) is 80.6 cm³/mol. The largest absolute Gasteiger partial charge is 0.372 e. The maximum absolute atomic E-state index is 5.54. The summed E-state index contributed by atoms with van der Waals surface area (Å²) in [6.07, 6.45) is 2.01. The summed E-state index contributed by atoms with van der Waals surface area (Å²) in [5.41, 5.74) is 7.95. The highest BCUT2D eigenvalue weighted by molar-refractivity contribution is 7.18. The summed E-state index contributed by atoms with van der Waals surface area (Å²) in [6, 6.07) is 6.55. The van der Waals surface area contributed by atoms with Crippen LogP contribution in [0.1, 0.15) is 25.3 Å². The highest BCUT2D eigenvalue weighted by atomic mass is 32.1. The van der Waals surface area contributed by atoms with E-state index >= 15 is 0 Å². The third-order valence-corrected chi connectivity index (χ3v) is 4.22. The maximum atomic E-state index is 5.54. The highest BCUT2D eigenvalue weighted by Crippen LogP contribution is 2.27. The molecule has 0 unspecified atom stereocenters. The molecule has 0 fully saturated rings. The predicted octanol–water partition coefficient (Wildman–Crippen LogP) is 3.03. The molecule has 0 spiro atoms. The first kappa shape index (κ1) is 13.3. The molecule has 0 aliphatic rings. The van der Waals surface area contributed by atoms with E-state index in [2.05, 4.69) is 41.9 Å². The van der Waals surface area contributed by atoms with Crippen molar-refractivity contribution in [2.24, 2.45) is 5.73 Å². The minimum Gasteiger partial charge on any atom is -0.372 e. The quantitative estimate of drug-likeness (QED) is 0.871. The summed E-state index contributed by atoms with van der Waals surface area (Å²) in [7, 11) is 0. The molecule has 18 heavy (non-hydrogen) atoms. The molecule has 2 rings (SSSR count). The van der Waals surface area contributed by atoms with Gasteiger partial charge in [-0.3, -0.25) is 0 Å². The Kier molecular flexibility index (Phi) is 4.55. The van der Waals surface area contributed by atoms with Crippen molar-refractivity contribution >= 4 is 27.2 Å². The summed E-state index contributed by atoms with van der Waals surface area (Å²) < 4.78 is 1.28. The Hall–Kier alpha value is -1.13. The summed E-state index contributed by atoms with van der Waals surface area (Å²) in [5, 5.41) is 1.20. The normalized spacial score (nSPS) is 11.1. The van der Waals surface area contributed by atoms with Gasteiger partial charge < -0.3 is 10.6 Å². The standard InChI is InChI=1S/C14H21N3S/c1-3-17(4-2)11-7-8-12-13(10-11)18-14(16-12)6-5-9-15/h7-8,10H,3-6,9,15H2,1-2H3.